The first-order valence-corrected chi connectivity index (χ1v) is 11.0. The van der Waals surface area contributed by atoms with E-state index in [1.165, 1.54) is 18.4 Å². The molecule has 1 fully saturated rings. The standard InChI is InChI=1S/C25H30N4O2/c1-27(2)14-12-19-23-24-22(25(30)31-3)18-9-5-7-11-21(18)29(24)16-17-8-4-6-10-20(17)28(23)15-13-26-19/h4-11,19,23,26H,12-16H2,1-3H3. The monoisotopic (exact) mass is 418 g/mol. The highest BCUT2D eigenvalue weighted by molar-refractivity contribution is 6.06. The number of hydrogen-bond donors (Lipinski definition) is 1. The van der Waals surface area contributed by atoms with Gasteiger partial charge in [-0.1, -0.05) is 36.4 Å². The summed E-state index contributed by atoms with van der Waals surface area (Å²) >= 11 is 0. The zero-order chi connectivity index (χ0) is 21.5. The average molecular weight is 419 g/mol. The van der Waals surface area contributed by atoms with E-state index in [9.17, 15) is 4.79 Å². The number of carbonyl (C=O) groups excluding carboxylic acids is 1. The summed E-state index contributed by atoms with van der Waals surface area (Å²) in [6, 6.07) is 17.2. The van der Waals surface area contributed by atoms with Crippen molar-refractivity contribution in [3.05, 3.63) is 65.4 Å². The fourth-order valence-corrected chi connectivity index (χ4v) is 5.32. The van der Waals surface area contributed by atoms with Gasteiger partial charge in [0.25, 0.3) is 0 Å². The average Bonchev–Trinajstić information content (AvgIpc) is 3.02. The zero-order valence-electron chi connectivity index (χ0n) is 18.5. The Kier molecular flexibility index (Phi) is 5.20. The van der Waals surface area contributed by atoms with Gasteiger partial charge in [0, 0.05) is 42.3 Å². The Morgan fingerprint density at radius 2 is 1.94 bits per heavy atom. The molecule has 1 aromatic heterocycles. The van der Waals surface area contributed by atoms with Crippen LogP contribution in [0.3, 0.4) is 0 Å². The molecule has 2 aromatic carbocycles. The molecule has 0 radical (unpaired) electrons. The van der Waals surface area contributed by atoms with Crippen LogP contribution in [0.1, 0.15) is 34.1 Å². The van der Waals surface area contributed by atoms with E-state index in [1.54, 1.807) is 0 Å². The summed E-state index contributed by atoms with van der Waals surface area (Å²) in [5.41, 5.74) is 5.43. The van der Waals surface area contributed by atoms with Crippen molar-refractivity contribution in [2.75, 3.05) is 45.7 Å². The molecule has 0 bridgehead atoms. The number of aromatic nitrogens is 1. The Morgan fingerprint density at radius 3 is 2.74 bits per heavy atom. The maximum Gasteiger partial charge on any atom is 0.340 e. The van der Waals surface area contributed by atoms with Gasteiger partial charge in [0.2, 0.25) is 0 Å². The molecule has 3 aromatic rings. The predicted molar refractivity (Wildman–Crippen MR) is 124 cm³/mol. The number of anilines is 1. The molecule has 31 heavy (non-hydrogen) atoms. The Bertz CT molecular complexity index is 1120. The first kappa shape index (κ1) is 20.1. The number of benzene rings is 2. The first-order chi connectivity index (χ1) is 15.1. The summed E-state index contributed by atoms with van der Waals surface area (Å²) in [4.78, 5) is 17.8. The van der Waals surface area contributed by atoms with E-state index in [0.717, 1.165) is 49.2 Å². The second-order valence-corrected chi connectivity index (χ2v) is 8.77. The summed E-state index contributed by atoms with van der Waals surface area (Å²) in [6.45, 7) is 3.56. The molecule has 0 saturated carbocycles. The number of esters is 1. The topological polar surface area (TPSA) is 49.7 Å². The van der Waals surface area contributed by atoms with Gasteiger partial charge in [-0.2, -0.15) is 0 Å². The maximum atomic E-state index is 13.1. The van der Waals surface area contributed by atoms with Crippen LogP contribution in [0.5, 0.6) is 0 Å². The molecule has 2 aliphatic rings. The van der Waals surface area contributed by atoms with Gasteiger partial charge in [0.1, 0.15) is 0 Å². The van der Waals surface area contributed by atoms with Gasteiger partial charge in [-0.3, -0.25) is 0 Å². The quantitative estimate of drug-likeness (QED) is 0.659. The maximum absolute atomic E-state index is 13.1. The highest BCUT2D eigenvalue weighted by atomic mass is 16.5. The van der Waals surface area contributed by atoms with Crippen LogP contribution in [0.15, 0.2) is 48.5 Å². The zero-order valence-corrected chi connectivity index (χ0v) is 18.5. The van der Waals surface area contributed by atoms with Crippen LogP contribution in [0, 0.1) is 0 Å². The van der Waals surface area contributed by atoms with Crippen molar-refractivity contribution in [1.29, 1.82) is 0 Å². The Hall–Kier alpha value is -2.83. The van der Waals surface area contributed by atoms with E-state index in [4.69, 9.17) is 4.74 Å². The normalized spacial score (nSPS) is 20.2. The molecule has 1 saturated heterocycles. The second kappa shape index (κ2) is 8.02. The fourth-order valence-electron chi connectivity index (χ4n) is 5.32. The molecule has 0 amide bonds. The van der Waals surface area contributed by atoms with Crippen molar-refractivity contribution < 1.29 is 9.53 Å². The number of fused-ring (bicyclic) bond motifs is 7. The van der Waals surface area contributed by atoms with Crippen LogP contribution >= 0.6 is 0 Å². The van der Waals surface area contributed by atoms with Crippen LogP contribution in [-0.4, -0.2) is 62.3 Å². The van der Waals surface area contributed by atoms with E-state index in [0.29, 0.717) is 5.56 Å². The largest absolute Gasteiger partial charge is 0.465 e. The molecular formula is C25H30N4O2. The minimum Gasteiger partial charge on any atom is -0.465 e. The van der Waals surface area contributed by atoms with Gasteiger partial charge in [-0.15, -0.1) is 0 Å². The molecule has 6 heteroatoms. The smallest absolute Gasteiger partial charge is 0.340 e. The third kappa shape index (κ3) is 3.30. The highest BCUT2D eigenvalue weighted by Crippen LogP contribution is 2.43. The SMILES string of the molecule is COC(=O)c1c2n(c3ccccc13)Cc1ccccc1N1CCNC(CCN(C)C)C21. The number of rotatable bonds is 4. The number of piperazine rings is 1. The molecule has 2 aliphatic heterocycles. The van der Waals surface area contributed by atoms with Gasteiger partial charge < -0.3 is 24.4 Å². The van der Waals surface area contributed by atoms with Gasteiger partial charge in [0.15, 0.2) is 0 Å². The molecule has 0 spiro atoms. The molecule has 1 N–H and O–H groups in total. The van der Waals surface area contributed by atoms with Crippen molar-refractivity contribution >= 4 is 22.6 Å². The van der Waals surface area contributed by atoms with Crippen molar-refractivity contribution in [2.45, 2.75) is 25.0 Å². The third-order valence-corrected chi connectivity index (χ3v) is 6.67. The first-order valence-electron chi connectivity index (χ1n) is 11.0. The van der Waals surface area contributed by atoms with Crippen LogP contribution in [0.25, 0.3) is 10.9 Å². The van der Waals surface area contributed by atoms with E-state index in [2.05, 4.69) is 64.1 Å². The van der Waals surface area contributed by atoms with Gasteiger partial charge in [-0.25, -0.2) is 4.79 Å². The van der Waals surface area contributed by atoms with E-state index >= 15 is 0 Å². The van der Waals surface area contributed by atoms with E-state index < -0.39 is 0 Å². The third-order valence-electron chi connectivity index (χ3n) is 6.67. The lowest BCUT2D eigenvalue weighted by Gasteiger charge is -2.43. The van der Waals surface area contributed by atoms with Gasteiger partial charge in [0.05, 0.1) is 24.4 Å². The molecule has 2 unspecified atom stereocenters. The van der Waals surface area contributed by atoms with Gasteiger partial charge >= 0.3 is 5.97 Å². The molecule has 5 rings (SSSR count). The van der Waals surface area contributed by atoms with Crippen LogP contribution in [0.4, 0.5) is 5.69 Å². The van der Waals surface area contributed by atoms with Crippen molar-refractivity contribution in [1.82, 2.24) is 14.8 Å². The Morgan fingerprint density at radius 1 is 1.16 bits per heavy atom. The molecule has 162 valence electrons. The summed E-state index contributed by atoms with van der Waals surface area (Å²) in [6.07, 6.45) is 0.998. The minimum atomic E-state index is -0.257. The Balaban J connectivity index is 1.78. The molecule has 0 aliphatic carbocycles. The molecular weight excluding hydrogens is 388 g/mol. The number of nitrogens with zero attached hydrogens (tertiary/aromatic N) is 3. The summed E-state index contributed by atoms with van der Waals surface area (Å²) in [5.74, 6) is -0.257. The summed E-state index contributed by atoms with van der Waals surface area (Å²) in [5, 5.41) is 4.74. The number of hydrogen-bond acceptors (Lipinski definition) is 5. The number of nitrogens with one attached hydrogen (secondary N) is 1. The van der Waals surface area contributed by atoms with Crippen molar-refractivity contribution in [3.63, 3.8) is 0 Å². The number of ether oxygens (including phenoxy) is 1. The van der Waals surface area contributed by atoms with Crippen LogP contribution in [0.2, 0.25) is 0 Å². The van der Waals surface area contributed by atoms with Gasteiger partial charge in [-0.05, 0) is 44.8 Å². The summed E-state index contributed by atoms with van der Waals surface area (Å²) < 4.78 is 7.65. The van der Waals surface area contributed by atoms with Crippen molar-refractivity contribution in [2.24, 2.45) is 0 Å². The summed E-state index contributed by atoms with van der Waals surface area (Å²) in [7, 11) is 5.70. The molecule has 2 atom stereocenters. The predicted octanol–water partition coefficient (Wildman–Crippen LogP) is 3.26. The Labute approximate surface area is 183 Å². The number of carbonyl (C=O) groups is 1. The number of para-hydroxylation sites is 2. The van der Waals surface area contributed by atoms with E-state index in [1.807, 2.05) is 18.2 Å². The number of methoxy groups -OCH3 is 1. The van der Waals surface area contributed by atoms with Crippen LogP contribution < -0.4 is 10.2 Å². The van der Waals surface area contributed by atoms with Crippen LogP contribution in [-0.2, 0) is 11.3 Å². The second-order valence-electron chi connectivity index (χ2n) is 8.77. The molecule has 3 heterocycles. The highest BCUT2D eigenvalue weighted by Gasteiger charge is 2.41. The fraction of sp³-hybridized carbons (Fsp3) is 0.400. The lowest BCUT2D eigenvalue weighted by atomic mass is 9.93. The lowest BCUT2D eigenvalue weighted by molar-refractivity contribution is 0.0600. The van der Waals surface area contributed by atoms with Crippen molar-refractivity contribution in [3.8, 4) is 0 Å². The minimum absolute atomic E-state index is 0.0545. The van der Waals surface area contributed by atoms with E-state index in [-0.39, 0.29) is 18.1 Å². The molecule has 6 nitrogen and oxygen atoms in total. The lowest BCUT2D eigenvalue weighted by Crippen LogP contribution is -2.54.